The van der Waals surface area contributed by atoms with Crippen LogP contribution in [0.25, 0.3) is 11.1 Å². The molecule has 114 valence electrons. The quantitative estimate of drug-likeness (QED) is 0.599. The van der Waals surface area contributed by atoms with Gasteiger partial charge < -0.3 is 9.15 Å². The van der Waals surface area contributed by atoms with Gasteiger partial charge in [-0.3, -0.25) is 0 Å². The van der Waals surface area contributed by atoms with Gasteiger partial charge in [-0.05, 0) is 36.8 Å². The van der Waals surface area contributed by atoms with E-state index in [0.29, 0.717) is 5.22 Å². The first-order valence-corrected chi connectivity index (χ1v) is 7.57. The van der Waals surface area contributed by atoms with Crippen molar-refractivity contribution in [1.29, 1.82) is 0 Å². The molecule has 0 N–H and O–H groups in total. The topological polar surface area (TPSA) is 35.3 Å². The second-order valence-corrected chi connectivity index (χ2v) is 5.95. The summed E-state index contributed by atoms with van der Waals surface area (Å²) in [4.78, 5) is 4.41. The molecule has 22 heavy (non-hydrogen) atoms. The number of aromatic nitrogens is 1. The molecule has 6 heteroatoms. The summed E-state index contributed by atoms with van der Waals surface area (Å²) in [6.07, 6.45) is 0. The van der Waals surface area contributed by atoms with Gasteiger partial charge in [0.1, 0.15) is 11.3 Å². The van der Waals surface area contributed by atoms with Crippen LogP contribution in [0.4, 0.5) is 8.78 Å². The summed E-state index contributed by atoms with van der Waals surface area (Å²) in [5.74, 6) is 0.151. The number of hydrogen-bond donors (Lipinski definition) is 0. The SMILES string of the molecule is CC(Sc1nc2ccccc2o1)c1ccc(OC(F)F)cc1. The minimum absolute atomic E-state index is 0.0775. The molecule has 3 aromatic rings. The fourth-order valence-corrected chi connectivity index (χ4v) is 2.93. The van der Waals surface area contributed by atoms with Gasteiger partial charge in [-0.1, -0.05) is 36.0 Å². The van der Waals surface area contributed by atoms with Gasteiger partial charge in [0, 0.05) is 5.25 Å². The summed E-state index contributed by atoms with van der Waals surface area (Å²) in [5, 5.41) is 0.662. The maximum absolute atomic E-state index is 12.1. The highest BCUT2D eigenvalue weighted by atomic mass is 32.2. The lowest BCUT2D eigenvalue weighted by Gasteiger charge is -2.10. The number of benzene rings is 2. The van der Waals surface area contributed by atoms with Crippen molar-refractivity contribution < 1.29 is 17.9 Å². The van der Waals surface area contributed by atoms with Gasteiger partial charge in [-0.15, -0.1) is 0 Å². The van der Waals surface area contributed by atoms with Crippen LogP contribution in [0.5, 0.6) is 5.75 Å². The highest BCUT2D eigenvalue weighted by molar-refractivity contribution is 7.99. The lowest BCUT2D eigenvalue weighted by atomic mass is 10.2. The molecule has 0 fully saturated rings. The Morgan fingerprint density at radius 1 is 1.09 bits per heavy atom. The predicted octanol–water partition coefficient (Wildman–Crippen LogP) is 5.28. The third kappa shape index (κ3) is 3.39. The van der Waals surface area contributed by atoms with Gasteiger partial charge in [-0.2, -0.15) is 8.78 Å². The molecule has 0 aliphatic carbocycles. The Morgan fingerprint density at radius 2 is 1.82 bits per heavy atom. The summed E-state index contributed by atoms with van der Waals surface area (Å²) >= 11 is 1.48. The van der Waals surface area contributed by atoms with E-state index in [4.69, 9.17) is 4.42 Å². The number of oxazole rings is 1. The van der Waals surface area contributed by atoms with Crippen molar-refractivity contribution in [3.05, 3.63) is 54.1 Å². The number of nitrogens with zero attached hydrogens (tertiary/aromatic N) is 1. The summed E-state index contributed by atoms with van der Waals surface area (Å²) in [5.41, 5.74) is 2.55. The van der Waals surface area contributed by atoms with E-state index in [2.05, 4.69) is 9.72 Å². The smallest absolute Gasteiger partial charge is 0.387 e. The molecule has 0 spiro atoms. The number of thioether (sulfide) groups is 1. The van der Waals surface area contributed by atoms with E-state index in [1.165, 1.54) is 23.9 Å². The van der Waals surface area contributed by atoms with Crippen molar-refractivity contribution in [3.63, 3.8) is 0 Å². The lowest BCUT2D eigenvalue weighted by molar-refractivity contribution is -0.0498. The van der Waals surface area contributed by atoms with Crippen molar-refractivity contribution in [1.82, 2.24) is 4.98 Å². The maximum Gasteiger partial charge on any atom is 0.387 e. The zero-order valence-electron chi connectivity index (χ0n) is 11.7. The van der Waals surface area contributed by atoms with Crippen LogP contribution in [0.1, 0.15) is 17.7 Å². The average molecular weight is 321 g/mol. The van der Waals surface area contributed by atoms with Gasteiger partial charge >= 0.3 is 6.61 Å². The highest BCUT2D eigenvalue weighted by Crippen LogP contribution is 2.36. The number of para-hydroxylation sites is 2. The number of hydrogen-bond acceptors (Lipinski definition) is 4. The Kier molecular flexibility index (Phi) is 4.29. The van der Waals surface area contributed by atoms with E-state index in [0.717, 1.165) is 16.7 Å². The van der Waals surface area contributed by atoms with Crippen LogP contribution in [0.3, 0.4) is 0 Å². The van der Waals surface area contributed by atoms with E-state index in [1.54, 1.807) is 12.1 Å². The molecule has 0 aliphatic rings. The van der Waals surface area contributed by atoms with Gasteiger partial charge in [0.25, 0.3) is 5.22 Å². The Labute approximate surface area is 130 Å². The van der Waals surface area contributed by atoms with Crippen molar-refractivity contribution in [2.24, 2.45) is 0 Å². The molecule has 1 atom stereocenters. The average Bonchev–Trinajstić information content (AvgIpc) is 2.89. The molecular weight excluding hydrogens is 308 g/mol. The molecule has 1 aromatic heterocycles. The molecular formula is C16H13F2NO2S. The molecule has 1 heterocycles. The summed E-state index contributed by atoms with van der Waals surface area (Å²) in [6, 6.07) is 14.2. The zero-order valence-corrected chi connectivity index (χ0v) is 12.5. The summed E-state index contributed by atoms with van der Waals surface area (Å²) < 4.78 is 34.2. The molecule has 0 amide bonds. The van der Waals surface area contributed by atoms with Crippen molar-refractivity contribution in [2.45, 2.75) is 24.0 Å². The molecule has 0 bridgehead atoms. The minimum atomic E-state index is -2.81. The van der Waals surface area contributed by atoms with Gasteiger partial charge in [0.2, 0.25) is 0 Å². The van der Waals surface area contributed by atoms with Gasteiger partial charge in [-0.25, -0.2) is 4.98 Å². The first kappa shape index (κ1) is 14.8. The molecule has 3 nitrogen and oxygen atoms in total. The van der Waals surface area contributed by atoms with E-state index in [9.17, 15) is 8.78 Å². The predicted molar refractivity (Wildman–Crippen MR) is 81.4 cm³/mol. The number of alkyl halides is 2. The minimum Gasteiger partial charge on any atom is -0.435 e. The highest BCUT2D eigenvalue weighted by Gasteiger charge is 2.13. The fourth-order valence-electron chi connectivity index (χ4n) is 2.04. The number of fused-ring (bicyclic) bond motifs is 1. The van der Waals surface area contributed by atoms with Crippen LogP contribution in [0.15, 0.2) is 58.2 Å². The van der Waals surface area contributed by atoms with Crippen molar-refractivity contribution >= 4 is 22.9 Å². The standard InChI is InChI=1S/C16H13F2NO2S/c1-10(11-6-8-12(9-7-11)20-15(17)18)22-16-19-13-4-2-3-5-14(13)21-16/h2-10,15H,1H3. The third-order valence-electron chi connectivity index (χ3n) is 3.13. The van der Waals surface area contributed by atoms with E-state index in [-0.39, 0.29) is 11.0 Å². The van der Waals surface area contributed by atoms with Gasteiger partial charge in [0.15, 0.2) is 5.58 Å². The first-order valence-electron chi connectivity index (χ1n) is 6.69. The van der Waals surface area contributed by atoms with Crippen LogP contribution in [0.2, 0.25) is 0 Å². The largest absolute Gasteiger partial charge is 0.435 e. The maximum atomic E-state index is 12.1. The zero-order chi connectivity index (χ0) is 15.5. The van der Waals surface area contributed by atoms with E-state index in [1.807, 2.05) is 31.2 Å². The Hall–Kier alpha value is -2.08. The lowest BCUT2D eigenvalue weighted by Crippen LogP contribution is -2.01. The Balaban J connectivity index is 1.72. The monoisotopic (exact) mass is 321 g/mol. The Morgan fingerprint density at radius 3 is 2.50 bits per heavy atom. The van der Waals surface area contributed by atoms with Gasteiger partial charge in [0.05, 0.1) is 0 Å². The Bertz CT molecular complexity index is 725. The van der Waals surface area contributed by atoms with Crippen LogP contribution in [0, 0.1) is 0 Å². The van der Waals surface area contributed by atoms with Crippen LogP contribution in [-0.4, -0.2) is 11.6 Å². The van der Waals surface area contributed by atoms with Crippen molar-refractivity contribution in [2.75, 3.05) is 0 Å². The molecule has 0 saturated heterocycles. The number of rotatable bonds is 5. The van der Waals surface area contributed by atoms with E-state index < -0.39 is 6.61 Å². The summed E-state index contributed by atoms with van der Waals surface area (Å²) in [6.45, 7) is -0.805. The van der Waals surface area contributed by atoms with Crippen LogP contribution in [-0.2, 0) is 0 Å². The van der Waals surface area contributed by atoms with Crippen molar-refractivity contribution in [3.8, 4) is 5.75 Å². The molecule has 0 radical (unpaired) electrons. The third-order valence-corrected chi connectivity index (χ3v) is 4.13. The number of halogens is 2. The van der Waals surface area contributed by atoms with Crippen LogP contribution >= 0.6 is 11.8 Å². The van der Waals surface area contributed by atoms with E-state index >= 15 is 0 Å². The number of ether oxygens (including phenoxy) is 1. The van der Waals surface area contributed by atoms with Crippen LogP contribution < -0.4 is 4.74 Å². The fraction of sp³-hybridized carbons (Fsp3) is 0.188. The second kappa shape index (κ2) is 6.36. The first-order chi connectivity index (χ1) is 10.6. The molecule has 1 unspecified atom stereocenters. The molecule has 0 aliphatic heterocycles. The molecule has 2 aromatic carbocycles. The molecule has 3 rings (SSSR count). The molecule has 0 saturated carbocycles. The second-order valence-electron chi connectivity index (χ2n) is 4.66. The normalized spacial score (nSPS) is 12.7. The summed E-state index contributed by atoms with van der Waals surface area (Å²) in [7, 11) is 0.